The van der Waals surface area contributed by atoms with Gasteiger partial charge >= 0.3 is 0 Å². The lowest BCUT2D eigenvalue weighted by Crippen LogP contribution is -2.30. The molecule has 2 amide bonds. The Balaban J connectivity index is 0.989. The van der Waals surface area contributed by atoms with Crippen molar-refractivity contribution < 1.29 is 38.1 Å². The lowest BCUT2D eigenvalue weighted by atomic mass is 9.75. The molecule has 0 aliphatic heterocycles. The molecule has 1 aromatic carbocycles. The maximum atomic E-state index is 12.8. The summed E-state index contributed by atoms with van der Waals surface area (Å²) in [6, 6.07) is 5.37. The van der Waals surface area contributed by atoms with Crippen LogP contribution in [0, 0.1) is 18.3 Å². The van der Waals surface area contributed by atoms with Gasteiger partial charge in [-0.15, -0.1) is 0 Å². The molecule has 0 spiro atoms. The Morgan fingerprint density at radius 3 is 2.00 bits per heavy atom. The summed E-state index contributed by atoms with van der Waals surface area (Å²) in [4.78, 5) is 36.9. The normalized spacial score (nSPS) is 15.7. The number of carbonyl (C=O) groups is 3. The maximum absolute atomic E-state index is 12.8. The molecule has 50 heavy (non-hydrogen) atoms. The maximum Gasteiger partial charge on any atom is 0.250 e. The zero-order chi connectivity index (χ0) is 35.8. The van der Waals surface area contributed by atoms with Crippen molar-refractivity contribution in [1.29, 1.82) is 0 Å². The first-order valence-corrected chi connectivity index (χ1v) is 18.1. The van der Waals surface area contributed by atoms with Gasteiger partial charge in [0.15, 0.2) is 5.78 Å². The molecular formula is C37H57N5O8. The molecule has 278 valence electrons. The molecule has 13 heteroatoms. The minimum Gasteiger partial charge on any atom is -0.384 e. The molecule has 2 aromatic rings. The van der Waals surface area contributed by atoms with Crippen LogP contribution in [0.2, 0.25) is 0 Å². The zero-order valence-electron chi connectivity index (χ0n) is 30.2. The van der Waals surface area contributed by atoms with Crippen molar-refractivity contribution in [2.75, 3.05) is 84.5 Å². The third kappa shape index (κ3) is 12.4. The Hall–Kier alpha value is -3.36. The summed E-state index contributed by atoms with van der Waals surface area (Å²) in [5.74, 6) is 0.00539. The van der Waals surface area contributed by atoms with Gasteiger partial charge in [0.25, 0.3) is 5.91 Å². The Labute approximate surface area is 296 Å². The Kier molecular flexibility index (Phi) is 16.1. The van der Waals surface area contributed by atoms with E-state index < -0.39 is 5.91 Å². The van der Waals surface area contributed by atoms with E-state index in [-0.39, 0.29) is 23.0 Å². The predicted octanol–water partition coefficient (Wildman–Crippen LogP) is 4.02. The van der Waals surface area contributed by atoms with Gasteiger partial charge < -0.3 is 40.1 Å². The van der Waals surface area contributed by atoms with E-state index in [1.165, 1.54) is 12.8 Å². The van der Waals surface area contributed by atoms with Gasteiger partial charge in [-0.3, -0.25) is 14.4 Å². The van der Waals surface area contributed by atoms with E-state index in [0.29, 0.717) is 109 Å². The van der Waals surface area contributed by atoms with Crippen LogP contribution in [-0.4, -0.2) is 107 Å². The minimum atomic E-state index is -0.520. The standard InChI is InChI=1S/C37H57N5O8/c1-27-34-32(25-37(2,3)26-33(34)43)42(41-27)29-10-11-30(35(38)44)31(24-29)39-12-6-14-46-16-18-48-20-22-50-23-21-49-19-17-47-15-7-13-40-36(45)28-8-4-5-9-28/h10-11,24,28,39H,4-9,12-23,25-26H2,1-3H3,(H2,38,44)(H,40,45). The number of amides is 2. The summed E-state index contributed by atoms with van der Waals surface area (Å²) in [5, 5.41) is 11.0. The second-order valence-electron chi connectivity index (χ2n) is 13.8. The highest BCUT2D eigenvalue weighted by molar-refractivity contribution is 6.00. The molecule has 0 radical (unpaired) electrons. The van der Waals surface area contributed by atoms with Gasteiger partial charge in [-0.25, -0.2) is 4.68 Å². The number of ketones is 1. The number of anilines is 1. The first-order valence-electron chi connectivity index (χ1n) is 18.1. The number of nitrogens with one attached hydrogen (secondary N) is 2. The van der Waals surface area contributed by atoms with E-state index in [9.17, 15) is 14.4 Å². The van der Waals surface area contributed by atoms with Gasteiger partial charge in [-0.2, -0.15) is 5.10 Å². The Morgan fingerprint density at radius 2 is 1.42 bits per heavy atom. The summed E-state index contributed by atoms with van der Waals surface area (Å²) in [7, 11) is 0. The van der Waals surface area contributed by atoms with E-state index in [0.717, 1.165) is 42.8 Å². The highest BCUT2D eigenvalue weighted by Gasteiger charge is 2.35. The van der Waals surface area contributed by atoms with Crippen LogP contribution in [0.5, 0.6) is 0 Å². The molecule has 1 fully saturated rings. The number of primary amides is 1. The molecule has 1 aromatic heterocycles. The fourth-order valence-electron chi connectivity index (χ4n) is 6.48. The molecule has 13 nitrogen and oxygen atoms in total. The van der Waals surface area contributed by atoms with Crippen molar-refractivity contribution in [3.8, 4) is 5.69 Å². The van der Waals surface area contributed by atoms with E-state index in [4.69, 9.17) is 29.4 Å². The SMILES string of the molecule is Cc1nn(-c2ccc(C(N)=O)c(NCCCOCCOCCOCCOCCOCCCNC(=O)C3CCCC3)c2)c2c1C(=O)CC(C)(C)C2. The first kappa shape index (κ1) is 39.4. The van der Waals surface area contributed by atoms with E-state index in [2.05, 4.69) is 29.6 Å². The first-order chi connectivity index (χ1) is 24.2. The molecule has 4 rings (SSSR count). The summed E-state index contributed by atoms with van der Waals surface area (Å²) >= 11 is 0. The zero-order valence-corrected chi connectivity index (χ0v) is 30.2. The van der Waals surface area contributed by atoms with Gasteiger partial charge in [0.2, 0.25) is 5.91 Å². The lowest BCUT2D eigenvalue weighted by molar-refractivity contribution is -0.124. The second-order valence-corrected chi connectivity index (χ2v) is 13.8. The molecule has 0 unspecified atom stereocenters. The van der Waals surface area contributed by atoms with Crippen LogP contribution in [0.1, 0.15) is 90.9 Å². The number of nitrogens with two attached hydrogens (primary N) is 1. The van der Waals surface area contributed by atoms with Gasteiger partial charge in [0.05, 0.1) is 81.1 Å². The van der Waals surface area contributed by atoms with Gasteiger partial charge in [-0.05, 0) is 62.6 Å². The Morgan fingerprint density at radius 1 is 0.860 bits per heavy atom. The molecular weight excluding hydrogens is 642 g/mol. The quantitative estimate of drug-likeness (QED) is 0.136. The lowest BCUT2D eigenvalue weighted by Gasteiger charge is -2.29. The third-order valence-corrected chi connectivity index (χ3v) is 8.99. The number of aromatic nitrogens is 2. The number of fused-ring (bicyclic) bond motifs is 1. The topological polar surface area (TPSA) is 165 Å². The predicted molar refractivity (Wildman–Crippen MR) is 190 cm³/mol. The average molecular weight is 700 g/mol. The fourth-order valence-corrected chi connectivity index (χ4v) is 6.48. The average Bonchev–Trinajstić information content (AvgIpc) is 3.73. The monoisotopic (exact) mass is 699 g/mol. The number of nitrogens with zero attached hydrogens (tertiary/aromatic N) is 2. The smallest absolute Gasteiger partial charge is 0.250 e. The molecule has 0 atom stereocenters. The van der Waals surface area contributed by atoms with Crippen molar-refractivity contribution in [3.63, 3.8) is 0 Å². The fraction of sp³-hybridized carbons (Fsp3) is 0.676. The third-order valence-electron chi connectivity index (χ3n) is 8.99. The summed E-state index contributed by atoms with van der Waals surface area (Å²) in [6.07, 6.45) is 7.14. The highest BCUT2D eigenvalue weighted by Crippen LogP contribution is 2.37. The number of hydrogen-bond donors (Lipinski definition) is 3. The molecule has 0 saturated heterocycles. The van der Waals surface area contributed by atoms with Crippen LogP contribution in [0.25, 0.3) is 5.69 Å². The van der Waals surface area contributed by atoms with Crippen molar-refractivity contribution >= 4 is 23.3 Å². The van der Waals surface area contributed by atoms with E-state index in [1.807, 2.05) is 23.7 Å². The van der Waals surface area contributed by atoms with Crippen LogP contribution < -0.4 is 16.4 Å². The van der Waals surface area contributed by atoms with Crippen molar-refractivity contribution in [3.05, 3.63) is 40.7 Å². The van der Waals surface area contributed by atoms with Crippen molar-refractivity contribution in [2.45, 2.75) is 72.1 Å². The minimum absolute atomic E-state index is 0.121. The number of carbonyl (C=O) groups excluding carboxylic acids is 3. The highest BCUT2D eigenvalue weighted by atomic mass is 16.6. The second kappa shape index (κ2) is 20.5. The van der Waals surface area contributed by atoms with Gasteiger partial charge in [0, 0.05) is 44.3 Å². The molecule has 4 N–H and O–H groups in total. The number of hydrogen-bond acceptors (Lipinski definition) is 10. The molecule has 1 heterocycles. The van der Waals surface area contributed by atoms with E-state index in [1.54, 1.807) is 6.07 Å². The molecule has 1 saturated carbocycles. The summed E-state index contributed by atoms with van der Waals surface area (Å²) in [6.45, 7) is 12.3. The van der Waals surface area contributed by atoms with Crippen LogP contribution in [-0.2, 0) is 34.9 Å². The van der Waals surface area contributed by atoms with Crippen LogP contribution in [0.15, 0.2) is 18.2 Å². The van der Waals surface area contributed by atoms with Gasteiger partial charge in [0.1, 0.15) is 0 Å². The number of rotatable bonds is 24. The van der Waals surface area contributed by atoms with Crippen LogP contribution in [0.4, 0.5) is 5.69 Å². The van der Waals surface area contributed by atoms with E-state index >= 15 is 0 Å². The summed E-state index contributed by atoms with van der Waals surface area (Å²) in [5.41, 5.74) is 9.62. The Bertz CT molecular complexity index is 1390. The number of Topliss-reactive ketones (excluding diaryl/α,β-unsaturated/α-hetero) is 1. The summed E-state index contributed by atoms with van der Waals surface area (Å²) < 4.78 is 29.7. The van der Waals surface area contributed by atoms with Crippen LogP contribution >= 0.6 is 0 Å². The largest absolute Gasteiger partial charge is 0.384 e. The van der Waals surface area contributed by atoms with Gasteiger partial charge in [-0.1, -0.05) is 26.7 Å². The van der Waals surface area contributed by atoms with Crippen molar-refractivity contribution in [2.24, 2.45) is 17.1 Å². The number of ether oxygens (including phenoxy) is 5. The molecule has 0 bridgehead atoms. The molecule has 2 aliphatic carbocycles. The van der Waals surface area contributed by atoms with Crippen molar-refractivity contribution in [1.82, 2.24) is 15.1 Å². The number of aryl methyl sites for hydroxylation is 1. The van der Waals surface area contributed by atoms with Crippen LogP contribution in [0.3, 0.4) is 0 Å². The molecule has 2 aliphatic rings. The number of benzene rings is 1.